The third-order valence-corrected chi connectivity index (χ3v) is 3.69. The zero-order valence-corrected chi connectivity index (χ0v) is 13.9. The molecule has 0 saturated heterocycles. The van der Waals surface area contributed by atoms with E-state index in [4.69, 9.17) is 14.6 Å². The van der Waals surface area contributed by atoms with Crippen LogP contribution in [0.4, 0.5) is 0 Å². The highest BCUT2D eigenvalue weighted by atomic mass is 16.5. The standard InChI is InChI=1S/C15H26O10/c1-11(13(22)23)2-12(21)25-10-15(6-19,7-20)9-24-8-14(3-16,4-17)5-18/h16-20H,1-10H2,(H,22,23). The lowest BCUT2D eigenvalue weighted by atomic mass is 9.90. The highest BCUT2D eigenvalue weighted by Gasteiger charge is 2.34. The SMILES string of the molecule is C=C(CC(=O)OCC(CO)(CO)COCC(CO)(CO)CO)C(=O)O. The van der Waals surface area contributed by atoms with E-state index in [1.165, 1.54) is 0 Å². The summed E-state index contributed by atoms with van der Waals surface area (Å²) in [6, 6.07) is 0. The van der Waals surface area contributed by atoms with Gasteiger partial charge < -0.3 is 40.1 Å². The van der Waals surface area contributed by atoms with Crippen LogP contribution in [0, 0.1) is 10.8 Å². The van der Waals surface area contributed by atoms with E-state index >= 15 is 0 Å². The maximum absolute atomic E-state index is 11.6. The van der Waals surface area contributed by atoms with Gasteiger partial charge in [0.25, 0.3) is 0 Å². The van der Waals surface area contributed by atoms with Gasteiger partial charge in [0.05, 0.1) is 63.5 Å². The molecule has 0 saturated carbocycles. The number of aliphatic hydroxyl groups excluding tert-OH is 5. The van der Waals surface area contributed by atoms with Crippen molar-refractivity contribution in [3.05, 3.63) is 12.2 Å². The number of carboxylic acids is 1. The van der Waals surface area contributed by atoms with Crippen LogP contribution in [-0.4, -0.2) is 95.4 Å². The van der Waals surface area contributed by atoms with Crippen molar-refractivity contribution in [2.45, 2.75) is 6.42 Å². The summed E-state index contributed by atoms with van der Waals surface area (Å²) in [6.07, 6.45) is -0.550. The Bertz CT molecular complexity index is 431. The number of carboxylic acid groups (broad SMARTS) is 1. The van der Waals surface area contributed by atoms with Crippen LogP contribution in [0.3, 0.4) is 0 Å². The Hall–Kier alpha value is -1.56. The average Bonchev–Trinajstić information content (AvgIpc) is 2.62. The number of aliphatic hydroxyl groups is 5. The monoisotopic (exact) mass is 366 g/mol. The molecule has 0 aromatic heterocycles. The molecule has 10 heteroatoms. The smallest absolute Gasteiger partial charge is 0.331 e. The third-order valence-electron chi connectivity index (χ3n) is 3.69. The Balaban J connectivity index is 4.66. The van der Waals surface area contributed by atoms with Crippen LogP contribution in [0.1, 0.15) is 6.42 Å². The largest absolute Gasteiger partial charge is 0.478 e. The quantitative estimate of drug-likeness (QED) is 0.143. The lowest BCUT2D eigenvalue weighted by Crippen LogP contribution is -2.44. The van der Waals surface area contributed by atoms with Gasteiger partial charge in [-0.25, -0.2) is 4.79 Å². The fraction of sp³-hybridized carbons (Fsp3) is 0.733. The van der Waals surface area contributed by atoms with Crippen LogP contribution in [0.2, 0.25) is 0 Å². The van der Waals surface area contributed by atoms with Crippen LogP contribution in [-0.2, 0) is 19.1 Å². The van der Waals surface area contributed by atoms with Gasteiger partial charge in [0.15, 0.2) is 0 Å². The van der Waals surface area contributed by atoms with E-state index in [1.54, 1.807) is 0 Å². The van der Waals surface area contributed by atoms with Crippen molar-refractivity contribution in [1.29, 1.82) is 0 Å². The van der Waals surface area contributed by atoms with E-state index in [0.29, 0.717) is 0 Å². The van der Waals surface area contributed by atoms with Crippen molar-refractivity contribution < 1.29 is 49.7 Å². The zero-order valence-electron chi connectivity index (χ0n) is 13.9. The minimum absolute atomic E-state index is 0.262. The Kier molecular flexibility index (Phi) is 10.4. The number of rotatable bonds is 14. The van der Waals surface area contributed by atoms with Crippen molar-refractivity contribution in [3.63, 3.8) is 0 Å². The van der Waals surface area contributed by atoms with Crippen LogP contribution in [0.15, 0.2) is 12.2 Å². The van der Waals surface area contributed by atoms with Crippen LogP contribution in [0.25, 0.3) is 0 Å². The molecule has 0 rings (SSSR count). The Morgan fingerprint density at radius 3 is 1.64 bits per heavy atom. The van der Waals surface area contributed by atoms with Gasteiger partial charge in [-0.3, -0.25) is 4.79 Å². The van der Waals surface area contributed by atoms with Crippen LogP contribution in [0.5, 0.6) is 0 Å². The highest BCUT2D eigenvalue weighted by molar-refractivity contribution is 5.91. The molecule has 0 radical (unpaired) electrons. The summed E-state index contributed by atoms with van der Waals surface area (Å²) in [5.41, 5.74) is -3.02. The number of aliphatic carboxylic acids is 1. The molecule has 0 aliphatic carbocycles. The maximum Gasteiger partial charge on any atom is 0.331 e. The van der Waals surface area contributed by atoms with Crippen LogP contribution < -0.4 is 0 Å². The summed E-state index contributed by atoms with van der Waals surface area (Å²) < 4.78 is 10.1. The van der Waals surface area contributed by atoms with Crippen molar-refractivity contribution in [2.75, 3.05) is 52.9 Å². The normalized spacial score (nSPS) is 12.0. The first-order valence-corrected chi connectivity index (χ1v) is 7.42. The first-order chi connectivity index (χ1) is 11.7. The molecular formula is C15H26O10. The number of hydrogen-bond donors (Lipinski definition) is 6. The molecule has 0 bridgehead atoms. The molecule has 0 spiro atoms. The predicted molar refractivity (Wildman–Crippen MR) is 83.5 cm³/mol. The van der Waals surface area contributed by atoms with Gasteiger partial charge in [0.1, 0.15) is 6.61 Å². The fourth-order valence-electron chi connectivity index (χ4n) is 1.58. The van der Waals surface area contributed by atoms with Gasteiger partial charge in [-0.1, -0.05) is 6.58 Å². The molecule has 6 N–H and O–H groups in total. The van der Waals surface area contributed by atoms with E-state index < -0.39 is 68.8 Å². The number of ether oxygens (including phenoxy) is 2. The van der Waals surface area contributed by atoms with E-state index in [1.807, 2.05) is 0 Å². The Morgan fingerprint density at radius 2 is 1.24 bits per heavy atom. The Morgan fingerprint density at radius 1 is 0.800 bits per heavy atom. The summed E-state index contributed by atoms with van der Waals surface area (Å²) in [5, 5.41) is 55.2. The molecule has 0 atom stereocenters. The summed E-state index contributed by atoms with van der Waals surface area (Å²) >= 11 is 0. The van der Waals surface area contributed by atoms with Crippen molar-refractivity contribution in [3.8, 4) is 0 Å². The van der Waals surface area contributed by atoms with E-state index in [0.717, 1.165) is 0 Å². The maximum atomic E-state index is 11.6. The molecule has 0 heterocycles. The Labute approximate surface area is 144 Å². The lowest BCUT2D eigenvalue weighted by Gasteiger charge is -2.32. The molecule has 146 valence electrons. The van der Waals surface area contributed by atoms with Gasteiger partial charge >= 0.3 is 11.9 Å². The van der Waals surface area contributed by atoms with Crippen molar-refractivity contribution in [2.24, 2.45) is 10.8 Å². The second-order valence-electron chi connectivity index (χ2n) is 6.03. The first kappa shape index (κ1) is 23.4. The van der Waals surface area contributed by atoms with Gasteiger partial charge in [0.2, 0.25) is 0 Å². The lowest BCUT2D eigenvalue weighted by molar-refractivity contribution is -0.154. The zero-order chi connectivity index (χ0) is 19.5. The number of carbonyl (C=O) groups is 2. The van der Waals surface area contributed by atoms with Gasteiger partial charge in [0, 0.05) is 5.57 Å². The summed E-state index contributed by atoms with van der Waals surface area (Å²) in [6.45, 7) is -0.671. The molecule has 0 unspecified atom stereocenters. The van der Waals surface area contributed by atoms with Crippen molar-refractivity contribution >= 4 is 11.9 Å². The molecule has 0 aromatic rings. The molecule has 0 aliphatic heterocycles. The first-order valence-electron chi connectivity index (χ1n) is 7.42. The molecular weight excluding hydrogens is 340 g/mol. The van der Waals surface area contributed by atoms with Gasteiger partial charge in [-0.2, -0.15) is 0 Å². The number of esters is 1. The molecule has 0 amide bonds. The molecule has 0 aromatic carbocycles. The number of carbonyl (C=O) groups excluding carboxylic acids is 1. The second-order valence-corrected chi connectivity index (χ2v) is 6.03. The minimum atomic E-state index is -1.37. The topological polar surface area (TPSA) is 174 Å². The number of hydrogen-bond acceptors (Lipinski definition) is 9. The minimum Gasteiger partial charge on any atom is -0.478 e. The van der Waals surface area contributed by atoms with Gasteiger partial charge in [-0.15, -0.1) is 0 Å². The second kappa shape index (κ2) is 11.1. The molecule has 10 nitrogen and oxygen atoms in total. The van der Waals surface area contributed by atoms with Crippen molar-refractivity contribution in [1.82, 2.24) is 0 Å². The average molecular weight is 366 g/mol. The summed E-state index contributed by atoms with van der Waals surface area (Å²) in [7, 11) is 0. The van der Waals surface area contributed by atoms with E-state index in [2.05, 4.69) is 6.58 Å². The molecule has 0 aliphatic rings. The third kappa shape index (κ3) is 7.46. The van der Waals surface area contributed by atoms with E-state index in [-0.39, 0.29) is 18.8 Å². The summed E-state index contributed by atoms with van der Waals surface area (Å²) in [5.74, 6) is -2.24. The molecule has 25 heavy (non-hydrogen) atoms. The van der Waals surface area contributed by atoms with Gasteiger partial charge in [-0.05, 0) is 0 Å². The van der Waals surface area contributed by atoms with Crippen LogP contribution >= 0.6 is 0 Å². The van der Waals surface area contributed by atoms with E-state index in [9.17, 15) is 35.1 Å². The predicted octanol–water partition coefficient (Wildman–Crippen LogP) is -2.49. The summed E-state index contributed by atoms with van der Waals surface area (Å²) in [4.78, 5) is 22.2. The fourth-order valence-corrected chi connectivity index (χ4v) is 1.58. The highest BCUT2D eigenvalue weighted by Crippen LogP contribution is 2.21. The molecule has 0 fully saturated rings.